The molecule has 0 aromatic heterocycles. The highest BCUT2D eigenvalue weighted by atomic mass is 19.1. The molecule has 0 amide bonds. The fraction of sp³-hybridized carbons (Fsp3) is 0.368. The Bertz CT molecular complexity index is 606. The number of benzene rings is 2. The lowest BCUT2D eigenvalue weighted by atomic mass is 9.88. The molecule has 1 aliphatic rings. The third-order valence-electron chi connectivity index (χ3n) is 4.43. The second-order valence-electron chi connectivity index (χ2n) is 6.42. The molecule has 2 N–H and O–H groups in total. The minimum absolute atomic E-state index is 0.175. The Kier molecular flexibility index (Phi) is 4.55. The number of likely N-dealkylation sites (tertiary alicyclic amines) is 1. The molecule has 0 aliphatic carbocycles. The van der Waals surface area contributed by atoms with Crippen molar-refractivity contribution in [2.45, 2.75) is 31.8 Å². The van der Waals surface area contributed by atoms with Crippen molar-refractivity contribution in [1.29, 1.82) is 0 Å². The first-order chi connectivity index (χ1) is 10.6. The molecule has 1 heterocycles. The van der Waals surface area contributed by atoms with Gasteiger partial charge in [0, 0.05) is 25.7 Å². The van der Waals surface area contributed by atoms with Gasteiger partial charge in [-0.2, -0.15) is 0 Å². The number of nitrogens with two attached hydrogens (primary N) is 1. The predicted molar refractivity (Wildman–Crippen MR) is 88.2 cm³/mol. The van der Waals surface area contributed by atoms with E-state index in [0.29, 0.717) is 5.92 Å². The Morgan fingerprint density at radius 2 is 1.73 bits per heavy atom. The number of piperidine rings is 1. The van der Waals surface area contributed by atoms with Crippen LogP contribution in [-0.4, -0.2) is 24.0 Å². The van der Waals surface area contributed by atoms with Crippen molar-refractivity contribution in [1.82, 2.24) is 4.90 Å². The smallest absolute Gasteiger partial charge is 0.123 e. The lowest BCUT2D eigenvalue weighted by Crippen LogP contribution is -2.45. The molecule has 116 valence electrons. The van der Waals surface area contributed by atoms with E-state index in [2.05, 4.69) is 36.1 Å². The highest BCUT2D eigenvalue weighted by molar-refractivity contribution is 5.23. The Morgan fingerprint density at radius 3 is 2.41 bits per heavy atom. The number of hydrogen-bond donors (Lipinski definition) is 1. The fourth-order valence-electron chi connectivity index (χ4n) is 3.29. The van der Waals surface area contributed by atoms with Gasteiger partial charge in [-0.1, -0.05) is 42.0 Å². The molecule has 0 radical (unpaired) electrons. The van der Waals surface area contributed by atoms with Crippen LogP contribution in [0.25, 0.3) is 0 Å². The summed E-state index contributed by atoms with van der Waals surface area (Å²) >= 11 is 0. The summed E-state index contributed by atoms with van der Waals surface area (Å²) < 4.78 is 13.1. The first kappa shape index (κ1) is 15.2. The van der Waals surface area contributed by atoms with E-state index in [-0.39, 0.29) is 11.9 Å². The highest BCUT2D eigenvalue weighted by Crippen LogP contribution is 2.27. The van der Waals surface area contributed by atoms with Crippen molar-refractivity contribution in [2.75, 3.05) is 13.1 Å². The van der Waals surface area contributed by atoms with Crippen LogP contribution in [-0.2, 0) is 6.54 Å². The maximum atomic E-state index is 13.1. The van der Waals surface area contributed by atoms with Gasteiger partial charge in [-0.3, -0.25) is 4.90 Å². The number of rotatable bonds is 3. The van der Waals surface area contributed by atoms with Gasteiger partial charge in [-0.15, -0.1) is 0 Å². The van der Waals surface area contributed by atoms with Crippen LogP contribution in [0.1, 0.15) is 29.0 Å². The Hall–Kier alpha value is -1.71. The zero-order valence-electron chi connectivity index (χ0n) is 13.0. The molecule has 0 spiro atoms. The van der Waals surface area contributed by atoms with Gasteiger partial charge in [0.25, 0.3) is 0 Å². The average molecular weight is 298 g/mol. The Labute approximate surface area is 131 Å². The quantitative estimate of drug-likeness (QED) is 0.940. The van der Waals surface area contributed by atoms with Crippen LogP contribution in [0, 0.1) is 12.7 Å². The van der Waals surface area contributed by atoms with Crippen molar-refractivity contribution >= 4 is 0 Å². The van der Waals surface area contributed by atoms with E-state index in [1.807, 2.05) is 12.1 Å². The van der Waals surface area contributed by atoms with E-state index >= 15 is 0 Å². The Balaban J connectivity index is 1.70. The second kappa shape index (κ2) is 6.59. The van der Waals surface area contributed by atoms with Crippen LogP contribution in [0.15, 0.2) is 48.5 Å². The third kappa shape index (κ3) is 3.73. The molecule has 1 aliphatic heterocycles. The third-order valence-corrected chi connectivity index (χ3v) is 4.43. The van der Waals surface area contributed by atoms with E-state index in [0.717, 1.165) is 26.1 Å². The van der Waals surface area contributed by atoms with Gasteiger partial charge in [0.2, 0.25) is 0 Å². The molecule has 0 saturated carbocycles. The van der Waals surface area contributed by atoms with Gasteiger partial charge in [-0.05, 0) is 42.5 Å². The lowest BCUT2D eigenvalue weighted by molar-refractivity contribution is 0.181. The van der Waals surface area contributed by atoms with Gasteiger partial charge in [0.15, 0.2) is 0 Å². The van der Waals surface area contributed by atoms with Crippen LogP contribution in [0.5, 0.6) is 0 Å². The molecule has 2 aromatic carbocycles. The van der Waals surface area contributed by atoms with Crippen molar-refractivity contribution < 1.29 is 4.39 Å². The summed E-state index contributed by atoms with van der Waals surface area (Å²) in [5, 5.41) is 0. The molecule has 2 nitrogen and oxygen atoms in total. The zero-order chi connectivity index (χ0) is 15.5. The fourth-order valence-corrected chi connectivity index (χ4v) is 3.29. The summed E-state index contributed by atoms with van der Waals surface area (Å²) in [5.41, 5.74) is 10.0. The van der Waals surface area contributed by atoms with Gasteiger partial charge >= 0.3 is 0 Å². The van der Waals surface area contributed by atoms with Crippen molar-refractivity contribution in [2.24, 2.45) is 5.73 Å². The van der Waals surface area contributed by atoms with Crippen LogP contribution in [0.4, 0.5) is 4.39 Å². The molecule has 2 unspecified atom stereocenters. The van der Waals surface area contributed by atoms with Gasteiger partial charge in [-0.25, -0.2) is 4.39 Å². The standard InChI is InChI=1S/C19H23FN2/c1-14-2-4-15(5-3-14)11-22-12-17(10-19(21)13-22)16-6-8-18(20)9-7-16/h2-9,17,19H,10-13,21H2,1H3. The highest BCUT2D eigenvalue weighted by Gasteiger charge is 2.26. The Morgan fingerprint density at radius 1 is 1.05 bits per heavy atom. The van der Waals surface area contributed by atoms with Crippen molar-refractivity contribution in [3.63, 3.8) is 0 Å². The van der Waals surface area contributed by atoms with E-state index in [4.69, 9.17) is 5.73 Å². The molecular weight excluding hydrogens is 275 g/mol. The van der Waals surface area contributed by atoms with Crippen LogP contribution in [0.2, 0.25) is 0 Å². The maximum Gasteiger partial charge on any atom is 0.123 e. The van der Waals surface area contributed by atoms with Gasteiger partial charge in [0.05, 0.1) is 0 Å². The summed E-state index contributed by atoms with van der Waals surface area (Å²) in [7, 11) is 0. The second-order valence-corrected chi connectivity index (χ2v) is 6.42. The summed E-state index contributed by atoms with van der Waals surface area (Å²) in [4.78, 5) is 2.41. The molecule has 3 heteroatoms. The molecule has 1 saturated heterocycles. The molecule has 3 rings (SSSR count). The number of halogens is 1. The zero-order valence-corrected chi connectivity index (χ0v) is 13.0. The summed E-state index contributed by atoms with van der Waals surface area (Å²) in [6.45, 7) is 4.93. The van der Waals surface area contributed by atoms with Crippen molar-refractivity contribution in [3.05, 3.63) is 71.0 Å². The molecule has 1 fully saturated rings. The largest absolute Gasteiger partial charge is 0.327 e. The van der Waals surface area contributed by atoms with E-state index in [1.165, 1.54) is 16.7 Å². The number of hydrogen-bond acceptors (Lipinski definition) is 2. The van der Waals surface area contributed by atoms with Gasteiger partial charge in [0.1, 0.15) is 5.82 Å². The average Bonchev–Trinajstić information content (AvgIpc) is 2.50. The van der Waals surface area contributed by atoms with Crippen LogP contribution < -0.4 is 5.73 Å². The SMILES string of the molecule is Cc1ccc(CN2CC(N)CC(c3ccc(F)cc3)C2)cc1. The molecular formula is C19H23FN2. The van der Waals surface area contributed by atoms with Crippen LogP contribution in [0.3, 0.4) is 0 Å². The molecule has 0 bridgehead atoms. The monoisotopic (exact) mass is 298 g/mol. The van der Waals surface area contributed by atoms with E-state index in [9.17, 15) is 4.39 Å². The van der Waals surface area contributed by atoms with Gasteiger partial charge < -0.3 is 5.73 Å². The molecule has 2 aromatic rings. The predicted octanol–water partition coefficient (Wildman–Crippen LogP) is 3.45. The summed E-state index contributed by atoms with van der Waals surface area (Å²) in [5.74, 6) is 0.204. The summed E-state index contributed by atoms with van der Waals surface area (Å²) in [6.07, 6.45) is 0.968. The first-order valence-electron chi connectivity index (χ1n) is 7.89. The minimum atomic E-state index is -0.180. The topological polar surface area (TPSA) is 29.3 Å². The maximum absolute atomic E-state index is 13.1. The first-order valence-corrected chi connectivity index (χ1v) is 7.89. The van der Waals surface area contributed by atoms with Crippen LogP contribution >= 0.6 is 0 Å². The summed E-state index contributed by atoms with van der Waals surface area (Å²) in [6, 6.07) is 15.7. The normalized spacial score (nSPS) is 22.7. The van der Waals surface area contributed by atoms with Crippen molar-refractivity contribution in [3.8, 4) is 0 Å². The number of nitrogens with zero attached hydrogens (tertiary/aromatic N) is 1. The lowest BCUT2D eigenvalue weighted by Gasteiger charge is -2.36. The molecule has 22 heavy (non-hydrogen) atoms. The molecule has 2 atom stereocenters. The van der Waals surface area contributed by atoms with E-state index in [1.54, 1.807) is 12.1 Å². The van der Waals surface area contributed by atoms with E-state index < -0.39 is 0 Å². The number of aryl methyl sites for hydroxylation is 1. The minimum Gasteiger partial charge on any atom is -0.327 e.